The molecule has 0 aliphatic carbocycles. The molecule has 0 aromatic carbocycles. The Morgan fingerprint density at radius 3 is 2.89 bits per heavy atom. The number of rotatable bonds is 5. The van der Waals surface area contributed by atoms with Crippen LogP contribution in [0.1, 0.15) is 19.8 Å². The molecule has 0 spiro atoms. The number of ether oxygens (including phenoxy) is 1. The molecule has 6 nitrogen and oxygen atoms in total. The van der Waals surface area contributed by atoms with Crippen LogP contribution < -0.4 is 16.0 Å². The van der Waals surface area contributed by atoms with Gasteiger partial charge in [-0.2, -0.15) is 0 Å². The topological polar surface area (TPSA) is 76.3 Å². The zero-order chi connectivity index (χ0) is 12.8. The Morgan fingerprint density at radius 2 is 2.17 bits per heavy atom. The zero-order valence-corrected chi connectivity index (χ0v) is 10.9. The molecule has 6 heteroatoms. The van der Waals surface area contributed by atoms with E-state index in [2.05, 4.69) is 27.1 Å². The normalized spacial score (nSPS) is 15.7. The van der Waals surface area contributed by atoms with Crippen LogP contribution >= 0.6 is 0 Å². The molecule has 0 amide bonds. The standard InChI is InChI=1S/C12H21N5O/c1-2-3-4-14-11-10(13)12(16-9-15-11)17-5-7-18-8-6-17/h9H,2-8,13H2,1H3,(H,14,15,16). The van der Waals surface area contributed by atoms with Gasteiger partial charge in [-0.3, -0.25) is 0 Å². The highest BCUT2D eigenvalue weighted by molar-refractivity contribution is 5.74. The Balaban J connectivity index is 2.08. The predicted molar refractivity (Wildman–Crippen MR) is 72.9 cm³/mol. The van der Waals surface area contributed by atoms with Crippen LogP contribution in [0, 0.1) is 0 Å². The molecule has 2 heterocycles. The molecule has 1 aliphatic rings. The molecule has 0 atom stereocenters. The lowest BCUT2D eigenvalue weighted by molar-refractivity contribution is 0.122. The fraction of sp³-hybridized carbons (Fsp3) is 0.667. The van der Waals surface area contributed by atoms with E-state index in [0.717, 1.165) is 57.3 Å². The third kappa shape index (κ3) is 3.01. The molecule has 1 fully saturated rings. The Bertz CT molecular complexity index is 379. The molecular weight excluding hydrogens is 230 g/mol. The van der Waals surface area contributed by atoms with Crippen molar-refractivity contribution in [3.05, 3.63) is 6.33 Å². The molecular formula is C12H21N5O. The van der Waals surface area contributed by atoms with Crippen LogP contribution in [0.15, 0.2) is 6.33 Å². The average Bonchev–Trinajstić information content (AvgIpc) is 2.42. The van der Waals surface area contributed by atoms with Crippen molar-refractivity contribution in [3.8, 4) is 0 Å². The van der Waals surface area contributed by atoms with E-state index in [1.54, 1.807) is 6.33 Å². The molecule has 1 aliphatic heterocycles. The number of hydrogen-bond acceptors (Lipinski definition) is 6. The number of hydrogen-bond donors (Lipinski definition) is 2. The van der Waals surface area contributed by atoms with E-state index in [1.807, 2.05) is 0 Å². The maximum atomic E-state index is 6.13. The molecule has 0 radical (unpaired) electrons. The Kier molecular flexibility index (Phi) is 4.58. The van der Waals surface area contributed by atoms with E-state index in [4.69, 9.17) is 10.5 Å². The van der Waals surface area contributed by atoms with Crippen molar-refractivity contribution in [2.24, 2.45) is 0 Å². The number of nitrogens with two attached hydrogens (primary N) is 1. The van der Waals surface area contributed by atoms with Crippen LogP contribution in [0.3, 0.4) is 0 Å². The van der Waals surface area contributed by atoms with Gasteiger partial charge in [0.05, 0.1) is 13.2 Å². The molecule has 0 unspecified atom stereocenters. The van der Waals surface area contributed by atoms with Crippen molar-refractivity contribution in [2.75, 3.05) is 48.8 Å². The molecule has 1 aromatic heterocycles. The van der Waals surface area contributed by atoms with Crippen molar-refractivity contribution in [1.82, 2.24) is 9.97 Å². The van der Waals surface area contributed by atoms with Gasteiger partial charge in [-0.25, -0.2) is 9.97 Å². The Morgan fingerprint density at radius 1 is 1.39 bits per heavy atom. The molecule has 100 valence electrons. The Labute approximate surface area is 108 Å². The maximum Gasteiger partial charge on any atom is 0.157 e. The van der Waals surface area contributed by atoms with Gasteiger partial charge >= 0.3 is 0 Å². The Hall–Kier alpha value is -1.56. The summed E-state index contributed by atoms with van der Waals surface area (Å²) >= 11 is 0. The summed E-state index contributed by atoms with van der Waals surface area (Å²) in [5.74, 6) is 1.55. The number of nitrogens with one attached hydrogen (secondary N) is 1. The number of anilines is 3. The van der Waals surface area contributed by atoms with Gasteiger partial charge in [0, 0.05) is 19.6 Å². The van der Waals surface area contributed by atoms with Gasteiger partial charge in [0.1, 0.15) is 12.0 Å². The molecule has 1 aromatic rings. The summed E-state index contributed by atoms with van der Waals surface area (Å²) < 4.78 is 5.33. The quantitative estimate of drug-likeness (QED) is 0.763. The minimum Gasteiger partial charge on any atom is -0.393 e. The highest BCUT2D eigenvalue weighted by Gasteiger charge is 2.17. The summed E-state index contributed by atoms with van der Waals surface area (Å²) in [4.78, 5) is 10.6. The van der Waals surface area contributed by atoms with Gasteiger partial charge < -0.3 is 20.7 Å². The molecule has 18 heavy (non-hydrogen) atoms. The molecule has 1 saturated heterocycles. The van der Waals surface area contributed by atoms with E-state index in [1.165, 1.54) is 0 Å². The molecule has 2 rings (SSSR count). The third-order valence-corrected chi connectivity index (χ3v) is 3.00. The van der Waals surface area contributed by atoms with Crippen LogP contribution in [-0.2, 0) is 4.74 Å². The highest BCUT2D eigenvalue weighted by Crippen LogP contribution is 2.26. The van der Waals surface area contributed by atoms with E-state index >= 15 is 0 Å². The minimum absolute atomic E-state index is 0.635. The van der Waals surface area contributed by atoms with Gasteiger partial charge in [-0.15, -0.1) is 0 Å². The second-order valence-electron chi connectivity index (χ2n) is 4.34. The van der Waals surface area contributed by atoms with E-state index in [9.17, 15) is 0 Å². The first-order valence-corrected chi connectivity index (χ1v) is 6.50. The van der Waals surface area contributed by atoms with Gasteiger partial charge in [0.15, 0.2) is 11.6 Å². The lowest BCUT2D eigenvalue weighted by Crippen LogP contribution is -2.37. The van der Waals surface area contributed by atoms with Crippen LogP contribution in [-0.4, -0.2) is 42.8 Å². The van der Waals surface area contributed by atoms with Gasteiger partial charge in [0.25, 0.3) is 0 Å². The second kappa shape index (κ2) is 6.39. The summed E-state index contributed by atoms with van der Waals surface area (Å²) in [6, 6.07) is 0. The smallest absolute Gasteiger partial charge is 0.157 e. The number of nitrogen functional groups attached to an aromatic ring is 1. The minimum atomic E-state index is 0.635. The van der Waals surface area contributed by atoms with Crippen LogP contribution in [0.4, 0.5) is 17.3 Å². The zero-order valence-electron chi connectivity index (χ0n) is 10.9. The number of aromatic nitrogens is 2. The monoisotopic (exact) mass is 251 g/mol. The first-order chi connectivity index (χ1) is 8.83. The number of unbranched alkanes of at least 4 members (excludes halogenated alkanes) is 1. The van der Waals surface area contributed by atoms with Crippen LogP contribution in [0.2, 0.25) is 0 Å². The fourth-order valence-electron chi connectivity index (χ4n) is 1.94. The van der Waals surface area contributed by atoms with Gasteiger partial charge in [-0.05, 0) is 6.42 Å². The van der Waals surface area contributed by atoms with Crippen LogP contribution in [0.25, 0.3) is 0 Å². The van der Waals surface area contributed by atoms with Crippen molar-refractivity contribution in [2.45, 2.75) is 19.8 Å². The lowest BCUT2D eigenvalue weighted by Gasteiger charge is -2.28. The molecule has 3 N–H and O–H groups in total. The first kappa shape index (κ1) is 12.9. The van der Waals surface area contributed by atoms with Gasteiger partial charge in [-0.1, -0.05) is 13.3 Å². The lowest BCUT2D eigenvalue weighted by atomic mass is 10.3. The number of nitrogens with zero attached hydrogens (tertiary/aromatic N) is 3. The summed E-state index contributed by atoms with van der Waals surface area (Å²) in [5, 5.41) is 3.26. The maximum absolute atomic E-state index is 6.13. The van der Waals surface area contributed by atoms with Crippen molar-refractivity contribution < 1.29 is 4.74 Å². The largest absolute Gasteiger partial charge is 0.393 e. The summed E-state index contributed by atoms with van der Waals surface area (Å²) in [5.41, 5.74) is 6.76. The summed E-state index contributed by atoms with van der Waals surface area (Å²) in [6.45, 7) is 6.15. The highest BCUT2D eigenvalue weighted by atomic mass is 16.5. The fourth-order valence-corrected chi connectivity index (χ4v) is 1.94. The predicted octanol–water partition coefficient (Wildman–Crippen LogP) is 1.11. The molecule has 0 saturated carbocycles. The van der Waals surface area contributed by atoms with E-state index in [0.29, 0.717) is 5.69 Å². The van der Waals surface area contributed by atoms with Crippen LogP contribution in [0.5, 0.6) is 0 Å². The molecule has 0 bridgehead atoms. The van der Waals surface area contributed by atoms with Crippen molar-refractivity contribution in [3.63, 3.8) is 0 Å². The summed E-state index contributed by atoms with van der Waals surface area (Å²) in [7, 11) is 0. The van der Waals surface area contributed by atoms with Gasteiger partial charge in [0.2, 0.25) is 0 Å². The summed E-state index contributed by atoms with van der Waals surface area (Å²) in [6.07, 6.45) is 3.82. The number of morpholine rings is 1. The third-order valence-electron chi connectivity index (χ3n) is 3.00. The average molecular weight is 251 g/mol. The van der Waals surface area contributed by atoms with E-state index < -0.39 is 0 Å². The van der Waals surface area contributed by atoms with Crippen molar-refractivity contribution >= 4 is 17.3 Å². The van der Waals surface area contributed by atoms with E-state index in [-0.39, 0.29) is 0 Å². The second-order valence-corrected chi connectivity index (χ2v) is 4.34. The first-order valence-electron chi connectivity index (χ1n) is 6.50. The SMILES string of the molecule is CCCCNc1ncnc(N2CCOCC2)c1N. The van der Waals surface area contributed by atoms with Crippen molar-refractivity contribution in [1.29, 1.82) is 0 Å².